The number of thiazole rings is 1. The zero-order valence-corrected chi connectivity index (χ0v) is 13.1. The molecule has 6 nitrogen and oxygen atoms in total. The van der Waals surface area contributed by atoms with Gasteiger partial charge in [0.05, 0.1) is 10.8 Å². The number of nitrogens with zero attached hydrogens (tertiary/aromatic N) is 3. The Kier molecular flexibility index (Phi) is 3.09. The molecule has 2 saturated heterocycles. The van der Waals surface area contributed by atoms with Crippen molar-refractivity contribution < 1.29 is 13.2 Å². The van der Waals surface area contributed by atoms with Crippen LogP contribution >= 0.6 is 11.3 Å². The van der Waals surface area contributed by atoms with Gasteiger partial charge in [-0.3, -0.25) is 4.79 Å². The Bertz CT molecular complexity index is 640. The Morgan fingerprint density at radius 1 is 1.19 bits per heavy atom. The van der Waals surface area contributed by atoms with Gasteiger partial charge in [-0.15, -0.1) is 11.3 Å². The number of aromatic nitrogens is 1. The predicted molar refractivity (Wildman–Crippen MR) is 78.5 cm³/mol. The van der Waals surface area contributed by atoms with Crippen molar-refractivity contribution in [2.45, 2.75) is 18.1 Å². The molecule has 1 aromatic rings. The second-order valence-corrected chi connectivity index (χ2v) is 9.10. The lowest BCUT2D eigenvalue weighted by Crippen LogP contribution is -2.37. The van der Waals surface area contributed by atoms with Crippen LogP contribution in [0.5, 0.6) is 0 Å². The summed E-state index contributed by atoms with van der Waals surface area (Å²) in [7, 11) is -3.07. The Morgan fingerprint density at radius 3 is 2.38 bits per heavy atom. The van der Waals surface area contributed by atoms with Crippen molar-refractivity contribution in [1.29, 1.82) is 0 Å². The van der Waals surface area contributed by atoms with Crippen LogP contribution in [0.15, 0.2) is 10.9 Å². The molecule has 21 heavy (non-hydrogen) atoms. The SMILES string of the molecule is O=C(c1cscn1)N1C[C@H]2CN(S(=O)(=O)C3CC3)C[C@@H]2C1. The minimum absolute atomic E-state index is 0.0257. The average molecular weight is 327 g/mol. The molecule has 114 valence electrons. The van der Waals surface area contributed by atoms with E-state index in [0.717, 1.165) is 12.8 Å². The summed E-state index contributed by atoms with van der Waals surface area (Å²) >= 11 is 1.42. The van der Waals surface area contributed by atoms with Gasteiger partial charge < -0.3 is 4.90 Å². The van der Waals surface area contributed by atoms with Crippen LogP contribution in [-0.2, 0) is 10.0 Å². The quantitative estimate of drug-likeness (QED) is 0.817. The van der Waals surface area contributed by atoms with E-state index in [0.29, 0.717) is 31.9 Å². The fraction of sp³-hybridized carbons (Fsp3) is 0.692. The molecule has 0 bridgehead atoms. The third-order valence-electron chi connectivity index (χ3n) is 4.70. The highest BCUT2D eigenvalue weighted by atomic mass is 32.2. The fourth-order valence-electron chi connectivity index (χ4n) is 3.38. The first-order valence-electron chi connectivity index (χ1n) is 7.22. The first-order valence-corrected chi connectivity index (χ1v) is 9.66. The molecule has 0 radical (unpaired) electrons. The van der Waals surface area contributed by atoms with Crippen LogP contribution in [-0.4, -0.2) is 59.9 Å². The van der Waals surface area contributed by atoms with Crippen LogP contribution < -0.4 is 0 Å². The number of rotatable bonds is 3. The van der Waals surface area contributed by atoms with Gasteiger partial charge in [0.1, 0.15) is 5.69 Å². The van der Waals surface area contributed by atoms with Crippen LogP contribution in [0.3, 0.4) is 0 Å². The van der Waals surface area contributed by atoms with Crippen LogP contribution in [0.1, 0.15) is 23.3 Å². The zero-order valence-electron chi connectivity index (χ0n) is 11.5. The standard InChI is InChI=1S/C13H17N3O3S2/c17-13(12-7-20-8-14-12)15-3-9-5-16(6-10(9)4-15)21(18,19)11-1-2-11/h7-11H,1-6H2/t9-,10-/m0/s1. The summed E-state index contributed by atoms with van der Waals surface area (Å²) in [6.07, 6.45) is 1.62. The Hall–Kier alpha value is -0.990. The number of fused-ring (bicyclic) bond motifs is 1. The minimum atomic E-state index is -3.07. The number of likely N-dealkylation sites (tertiary alicyclic amines) is 1. The summed E-state index contributed by atoms with van der Waals surface area (Å²) in [5.41, 5.74) is 2.16. The Balaban J connectivity index is 1.43. The number of carbonyl (C=O) groups excluding carboxylic acids is 1. The summed E-state index contributed by atoms with van der Waals surface area (Å²) in [5, 5.41) is 1.63. The van der Waals surface area contributed by atoms with Gasteiger partial charge in [-0.05, 0) is 24.7 Å². The van der Waals surface area contributed by atoms with Crippen LogP contribution in [0.25, 0.3) is 0 Å². The molecule has 4 rings (SSSR count). The summed E-state index contributed by atoms with van der Waals surface area (Å²) in [5.74, 6) is 0.532. The molecular formula is C13H17N3O3S2. The monoisotopic (exact) mass is 327 g/mol. The van der Waals surface area contributed by atoms with Crippen molar-refractivity contribution >= 4 is 27.3 Å². The molecule has 3 heterocycles. The van der Waals surface area contributed by atoms with Gasteiger partial charge in [0.15, 0.2) is 0 Å². The minimum Gasteiger partial charge on any atom is -0.337 e. The van der Waals surface area contributed by atoms with E-state index in [2.05, 4.69) is 4.98 Å². The second-order valence-electron chi connectivity index (χ2n) is 6.17. The maximum absolute atomic E-state index is 12.3. The van der Waals surface area contributed by atoms with Crippen molar-refractivity contribution in [1.82, 2.24) is 14.2 Å². The van der Waals surface area contributed by atoms with Gasteiger partial charge >= 0.3 is 0 Å². The third-order valence-corrected chi connectivity index (χ3v) is 7.62. The summed E-state index contributed by atoms with van der Waals surface area (Å²) in [6, 6.07) is 0. The van der Waals surface area contributed by atoms with Crippen molar-refractivity contribution in [3.8, 4) is 0 Å². The van der Waals surface area contributed by atoms with E-state index in [1.165, 1.54) is 11.3 Å². The molecule has 1 aliphatic carbocycles. The van der Waals surface area contributed by atoms with Crippen LogP contribution in [0.4, 0.5) is 0 Å². The Morgan fingerprint density at radius 2 is 1.86 bits per heavy atom. The molecule has 2 atom stereocenters. The van der Waals surface area contributed by atoms with E-state index in [-0.39, 0.29) is 23.0 Å². The molecule has 0 spiro atoms. The van der Waals surface area contributed by atoms with Crippen molar-refractivity contribution in [3.63, 3.8) is 0 Å². The largest absolute Gasteiger partial charge is 0.337 e. The fourth-order valence-corrected chi connectivity index (χ4v) is 5.86. The van der Waals surface area contributed by atoms with Crippen LogP contribution in [0, 0.1) is 11.8 Å². The molecule has 1 amide bonds. The lowest BCUT2D eigenvalue weighted by atomic mass is 10.0. The molecule has 3 fully saturated rings. The van der Waals surface area contributed by atoms with E-state index in [1.807, 2.05) is 4.90 Å². The van der Waals surface area contributed by atoms with Gasteiger partial charge in [0.25, 0.3) is 5.91 Å². The average Bonchev–Trinajstić information content (AvgIpc) is 2.89. The van der Waals surface area contributed by atoms with Crippen molar-refractivity contribution in [2.75, 3.05) is 26.2 Å². The second kappa shape index (κ2) is 4.76. The maximum Gasteiger partial charge on any atom is 0.273 e. The number of hydrogen-bond acceptors (Lipinski definition) is 5. The van der Waals surface area contributed by atoms with E-state index < -0.39 is 10.0 Å². The number of hydrogen-bond donors (Lipinski definition) is 0. The van der Waals surface area contributed by atoms with Gasteiger partial charge in [0.2, 0.25) is 10.0 Å². The molecule has 0 N–H and O–H groups in total. The summed E-state index contributed by atoms with van der Waals surface area (Å²) < 4.78 is 26.2. The predicted octanol–water partition coefficient (Wildman–Crippen LogP) is 0.639. The molecule has 1 aromatic heterocycles. The van der Waals surface area contributed by atoms with Gasteiger partial charge in [-0.25, -0.2) is 17.7 Å². The lowest BCUT2D eigenvalue weighted by Gasteiger charge is -2.21. The molecular weight excluding hydrogens is 310 g/mol. The maximum atomic E-state index is 12.3. The molecule has 0 unspecified atom stereocenters. The molecule has 8 heteroatoms. The van der Waals surface area contributed by atoms with Gasteiger partial charge in [0, 0.05) is 31.6 Å². The highest BCUT2D eigenvalue weighted by Gasteiger charge is 2.49. The smallest absolute Gasteiger partial charge is 0.273 e. The summed E-state index contributed by atoms with van der Waals surface area (Å²) in [4.78, 5) is 18.2. The summed E-state index contributed by atoms with van der Waals surface area (Å²) in [6.45, 7) is 2.45. The van der Waals surface area contributed by atoms with E-state index >= 15 is 0 Å². The molecule has 0 aromatic carbocycles. The molecule has 1 saturated carbocycles. The topological polar surface area (TPSA) is 70.6 Å². The molecule has 3 aliphatic rings. The lowest BCUT2D eigenvalue weighted by molar-refractivity contribution is 0.0774. The highest BCUT2D eigenvalue weighted by molar-refractivity contribution is 7.90. The number of sulfonamides is 1. The zero-order chi connectivity index (χ0) is 14.6. The van der Waals surface area contributed by atoms with Crippen molar-refractivity contribution in [3.05, 3.63) is 16.6 Å². The number of amides is 1. The Labute approximate surface area is 127 Å². The number of carbonyl (C=O) groups is 1. The molecule has 2 aliphatic heterocycles. The third kappa shape index (κ3) is 2.29. The van der Waals surface area contributed by atoms with E-state index in [4.69, 9.17) is 0 Å². The highest BCUT2D eigenvalue weighted by Crippen LogP contribution is 2.38. The van der Waals surface area contributed by atoms with Gasteiger partial charge in [-0.2, -0.15) is 0 Å². The van der Waals surface area contributed by atoms with Crippen molar-refractivity contribution in [2.24, 2.45) is 11.8 Å². The first-order chi connectivity index (χ1) is 10.1. The van der Waals surface area contributed by atoms with Gasteiger partial charge in [-0.1, -0.05) is 0 Å². The van der Waals surface area contributed by atoms with E-state index in [9.17, 15) is 13.2 Å². The normalized spacial score (nSPS) is 29.8. The first kappa shape index (κ1) is 13.7. The van der Waals surface area contributed by atoms with E-state index in [1.54, 1.807) is 15.2 Å². The van der Waals surface area contributed by atoms with Crippen LogP contribution in [0.2, 0.25) is 0 Å².